The molecule has 2 atom stereocenters. The molecular weight excluding hydrogens is 446 g/mol. The molecule has 2 amide bonds. The van der Waals surface area contributed by atoms with Gasteiger partial charge in [0.2, 0.25) is 5.91 Å². The summed E-state index contributed by atoms with van der Waals surface area (Å²) < 4.78 is 41.6. The predicted molar refractivity (Wildman–Crippen MR) is 120 cm³/mol. The van der Waals surface area contributed by atoms with E-state index in [4.69, 9.17) is 9.47 Å². The lowest BCUT2D eigenvalue weighted by Gasteiger charge is -2.23. The zero-order valence-corrected chi connectivity index (χ0v) is 19.2. The SMILES string of the molecule is Cc1cc2c(c(OC(C)C)c1F)C(=O)N1C[C@@H](Nc3ncc4c(c3F)NC(=O)CC4)C[C@@H]1CO2. The number of nitrogens with one attached hydrogen (secondary N) is 2. The lowest BCUT2D eigenvalue weighted by Crippen LogP contribution is -2.37. The van der Waals surface area contributed by atoms with E-state index in [9.17, 15) is 14.0 Å². The van der Waals surface area contributed by atoms with Gasteiger partial charge in [-0.2, -0.15) is 0 Å². The average Bonchev–Trinajstić information content (AvgIpc) is 3.14. The third-order valence-corrected chi connectivity index (χ3v) is 6.37. The number of carbonyl (C=O) groups is 2. The second kappa shape index (κ2) is 8.41. The van der Waals surface area contributed by atoms with Crippen LogP contribution < -0.4 is 20.1 Å². The molecule has 1 saturated heterocycles. The number of nitrogens with zero attached hydrogens (tertiary/aromatic N) is 2. The number of pyridine rings is 1. The summed E-state index contributed by atoms with van der Waals surface area (Å²) in [6.07, 6.45) is 2.45. The fourth-order valence-corrected chi connectivity index (χ4v) is 4.75. The number of aromatic nitrogens is 1. The Hall–Kier alpha value is -3.43. The molecule has 3 aliphatic heterocycles. The van der Waals surface area contributed by atoms with E-state index in [0.29, 0.717) is 36.1 Å². The summed E-state index contributed by atoms with van der Waals surface area (Å²) in [6, 6.07) is 0.935. The van der Waals surface area contributed by atoms with Crippen molar-refractivity contribution in [3.63, 3.8) is 0 Å². The van der Waals surface area contributed by atoms with Crippen LogP contribution in [0.3, 0.4) is 0 Å². The van der Waals surface area contributed by atoms with Crippen LogP contribution in [0.1, 0.15) is 48.2 Å². The van der Waals surface area contributed by atoms with Crippen molar-refractivity contribution in [1.82, 2.24) is 9.88 Å². The molecule has 3 aliphatic rings. The highest BCUT2D eigenvalue weighted by atomic mass is 19.1. The fraction of sp³-hybridized carbons (Fsp3) is 0.458. The minimum absolute atomic E-state index is 0.0166. The second-order valence-electron chi connectivity index (χ2n) is 9.24. The maximum atomic E-state index is 15.0. The van der Waals surface area contributed by atoms with E-state index in [1.54, 1.807) is 31.9 Å². The second-order valence-corrected chi connectivity index (χ2v) is 9.24. The van der Waals surface area contributed by atoms with E-state index in [1.165, 1.54) is 6.07 Å². The van der Waals surface area contributed by atoms with Crippen molar-refractivity contribution < 1.29 is 27.8 Å². The number of hydrogen-bond donors (Lipinski definition) is 2. The van der Waals surface area contributed by atoms with Crippen LogP contribution in [0.2, 0.25) is 0 Å². The first kappa shape index (κ1) is 22.4. The van der Waals surface area contributed by atoms with Gasteiger partial charge in [-0.15, -0.1) is 0 Å². The number of halogens is 2. The van der Waals surface area contributed by atoms with Crippen LogP contribution in [-0.4, -0.2) is 53.0 Å². The van der Waals surface area contributed by atoms with Crippen LogP contribution in [0, 0.1) is 18.6 Å². The maximum absolute atomic E-state index is 15.0. The monoisotopic (exact) mass is 472 g/mol. The van der Waals surface area contributed by atoms with Gasteiger partial charge in [-0.1, -0.05) is 0 Å². The number of hydrogen-bond acceptors (Lipinski definition) is 6. The number of fused-ring (bicyclic) bond motifs is 3. The minimum Gasteiger partial charge on any atom is -0.490 e. The van der Waals surface area contributed by atoms with Crippen LogP contribution in [-0.2, 0) is 11.2 Å². The lowest BCUT2D eigenvalue weighted by atomic mass is 10.0. The van der Waals surface area contributed by atoms with E-state index in [-0.39, 0.29) is 66.0 Å². The molecule has 1 fully saturated rings. The highest BCUT2D eigenvalue weighted by molar-refractivity contribution is 6.01. The summed E-state index contributed by atoms with van der Waals surface area (Å²) in [5.74, 6) is -1.61. The van der Waals surface area contributed by atoms with Gasteiger partial charge in [0.05, 0.1) is 17.8 Å². The molecule has 0 spiro atoms. The van der Waals surface area contributed by atoms with Gasteiger partial charge in [-0.3, -0.25) is 9.59 Å². The van der Waals surface area contributed by atoms with Gasteiger partial charge in [-0.05, 0) is 50.8 Å². The highest BCUT2D eigenvalue weighted by Crippen LogP contribution is 2.40. The number of carbonyl (C=O) groups excluding carboxylic acids is 2. The molecule has 0 unspecified atom stereocenters. The van der Waals surface area contributed by atoms with Crippen molar-refractivity contribution in [2.24, 2.45) is 0 Å². The number of anilines is 2. The van der Waals surface area contributed by atoms with Crippen molar-refractivity contribution in [3.8, 4) is 11.5 Å². The van der Waals surface area contributed by atoms with Gasteiger partial charge in [-0.25, -0.2) is 13.8 Å². The quantitative estimate of drug-likeness (QED) is 0.709. The molecule has 1 aromatic heterocycles. The zero-order chi connectivity index (χ0) is 24.1. The topological polar surface area (TPSA) is 92.8 Å². The number of benzene rings is 1. The van der Waals surface area contributed by atoms with Crippen molar-refractivity contribution in [2.75, 3.05) is 23.8 Å². The molecule has 10 heteroatoms. The first-order valence-electron chi connectivity index (χ1n) is 11.4. The normalized spacial score (nSPS) is 21.3. The number of aryl methyl sites for hydroxylation is 2. The highest BCUT2D eigenvalue weighted by Gasteiger charge is 2.42. The molecular formula is C24H26F2N4O4. The number of rotatable bonds is 4. The maximum Gasteiger partial charge on any atom is 0.261 e. The molecule has 0 bridgehead atoms. The smallest absolute Gasteiger partial charge is 0.261 e. The zero-order valence-electron chi connectivity index (χ0n) is 19.2. The van der Waals surface area contributed by atoms with Gasteiger partial charge in [0, 0.05) is 25.2 Å². The predicted octanol–water partition coefficient (Wildman–Crippen LogP) is 3.43. The molecule has 8 nitrogen and oxygen atoms in total. The molecule has 34 heavy (non-hydrogen) atoms. The Morgan fingerprint density at radius 1 is 1.26 bits per heavy atom. The Labute approximate surface area is 195 Å². The third kappa shape index (κ3) is 3.80. The van der Waals surface area contributed by atoms with Crippen LogP contribution in [0.25, 0.3) is 0 Å². The third-order valence-electron chi connectivity index (χ3n) is 6.37. The standard InChI is InChI=1S/C24H26F2N4O4/c1-11(2)34-22-18-16(6-12(3)19(22)25)33-10-15-7-14(9-30(15)24(18)32)28-23-20(26)21-13(8-27-23)4-5-17(31)29-21/h6,8,11,14-15H,4-5,7,9-10H2,1-3H3,(H,27,28)(H,29,31)/t14-,15+/m0/s1. The van der Waals surface area contributed by atoms with Crippen LogP contribution in [0.15, 0.2) is 12.3 Å². The van der Waals surface area contributed by atoms with Crippen LogP contribution in [0.5, 0.6) is 11.5 Å². The van der Waals surface area contributed by atoms with Crippen molar-refractivity contribution in [2.45, 2.75) is 58.2 Å². The Kier molecular flexibility index (Phi) is 5.53. The van der Waals surface area contributed by atoms with E-state index in [0.717, 1.165) is 0 Å². The molecule has 1 aromatic carbocycles. The molecule has 0 saturated carbocycles. The molecule has 0 aliphatic carbocycles. The average molecular weight is 472 g/mol. The summed E-state index contributed by atoms with van der Waals surface area (Å²) in [6.45, 7) is 5.60. The van der Waals surface area contributed by atoms with Crippen molar-refractivity contribution in [3.05, 3.63) is 40.6 Å². The van der Waals surface area contributed by atoms with Crippen LogP contribution >= 0.6 is 0 Å². The molecule has 2 N–H and O–H groups in total. The van der Waals surface area contributed by atoms with Gasteiger partial charge >= 0.3 is 0 Å². The molecule has 180 valence electrons. The van der Waals surface area contributed by atoms with Crippen LogP contribution in [0.4, 0.5) is 20.3 Å². The Bertz CT molecular complexity index is 1190. The first-order chi connectivity index (χ1) is 16.2. The Balaban J connectivity index is 1.40. The summed E-state index contributed by atoms with van der Waals surface area (Å²) in [7, 11) is 0. The summed E-state index contributed by atoms with van der Waals surface area (Å²) in [5, 5.41) is 5.64. The largest absolute Gasteiger partial charge is 0.490 e. The van der Waals surface area contributed by atoms with Gasteiger partial charge in [0.25, 0.3) is 5.91 Å². The van der Waals surface area contributed by atoms with E-state index in [1.807, 2.05) is 0 Å². The van der Waals surface area contributed by atoms with E-state index >= 15 is 4.39 Å². The fourth-order valence-electron chi connectivity index (χ4n) is 4.75. The van der Waals surface area contributed by atoms with Crippen molar-refractivity contribution >= 4 is 23.3 Å². The summed E-state index contributed by atoms with van der Waals surface area (Å²) in [5.41, 5.74) is 1.21. The Morgan fingerprint density at radius 3 is 2.82 bits per heavy atom. The molecule has 2 aromatic rings. The Morgan fingerprint density at radius 2 is 2.06 bits per heavy atom. The van der Waals surface area contributed by atoms with Gasteiger partial charge in [0.1, 0.15) is 17.9 Å². The minimum atomic E-state index is -0.620. The number of ether oxygens (including phenoxy) is 2. The van der Waals surface area contributed by atoms with Gasteiger partial charge in [0.15, 0.2) is 23.2 Å². The van der Waals surface area contributed by atoms with E-state index in [2.05, 4.69) is 15.6 Å². The summed E-state index contributed by atoms with van der Waals surface area (Å²) >= 11 is 0. The molecule has 0 radical (unpaired) electrons. The van der Waals surface area contributed by atoms with E-state index < -0.39 is 11.6 Å². The first-order valence-corrected chi connectivity index (χ1v) is 11.4. The lowest BCUT2D eigenvalue weighted by molar-refractivity contribution is -0.116. The van der Waals surface area contributed by atoms with Crippen molar-refractivity contribution in [1.29, 1.82) is 0 Å². The van der Waals surface area contributed by atoms with Gasteiger partial charge < -0.3 is 25.0 Å². The summed E-state index contributed by atoms with van der Waals surface area (Å²) in [4.78, 5) is 31.0. The molecule has 5 rings (SSSR count). The number of amides is 2. The molecule has 4 heterocycles.